The summed E-state index contributed by atoms with van der Waals surface area (Å²) in [5.41, 5.74) is 0.929. The van der Waals surface area contributed by atoms with Crippen LogP contribution >= 0.6 is 0 Å². The molecular formula is C21H24N4O2. The van der Waals surface area contributed by atoms with Gasteiger partial charge in [-0.1, -0.05) is 18.2 Å². The Hall–Kier alpha value is -3.12. The average Bonchev–Trinajstić information content (AvgIpc) is 2.67. The smallest absolute Gasteiger partial charge is 0.136 e. The highest BCUT2D eigenvalue weighted by Crippen LogP contribution is 2.24. The van der Waals surface area contributed by atoms with E-state index in [1.807, 2.05) is 67.6 Å². The van der Waals surface area contributed by atoms with Gasteiger partial charge >= 0.3 is 0 Å². The lowest BCUT2D eigenvalue weighted by atomic mass is 10.3. The van der Waals surface area contributed by atoms with Crippen LogP contribution in [0.4, 0.5) is 17.3 Å². The maximum absolute atomic E-state index is 5.81. The standard InChI is InChI=1S/C21H24N4O2/c1-16-23-20(22-13-6-14-26-2)15-21(24-16)25-17-9-11-19(12-10-17)27-18-7-4-3-5-8-18/h3-5,7-12,15H,6,13-14H2,1-2H3,(H2,22,23,24,25). The predicted molar refractivity (Wildman–Crippen MR) is 108 cm³/mol. The van der Waals surface area contributed by atoms with E-state index in [0.717, 1.165) is 48.4 Å². The van der Waals surface area contributed by atoms with Crippen LogP contribution in [-0.2, 0) is 4.74 Å². The summed E-state index contributed by atoms with van der Waals surface area (Å²) in [6.07, 6.45) is 0.922. The van der Waals surface area contributed by atoms with Crippen molar-refractivity contribution >= 4 is 17.3 Å². The van der Waals surface area contributed by atoms with E-state index in [0.29, 0.717) is 5.82 Å². The summed E-state index contributed by atoms with van der Waals surface area (Å²) >= 11 is 0. The largest absolute Gasteiger partial charge is 0.457 e. The van der Waals surface area contributed by atoms with Crippen LogP contribution in [-0.4, -0.2) is 30.2 Å². The lowest BCUT2D eigenvalue weighted by molar-refractivity contribution is 0.198. The van der Waals surface area contributed by atoms with Gasteiger partial charge in [0.05, 0.1) is 0 Å². The third-order valence-corrected chi connectivity index (χ3v) is 3.77. The predicted octanol–water partition coefficient (Wildman–Crippen LogP) is 4.77. The zero-order valence-corrected chi connectivity index (χ0v) is 15.6. The molecule has 0 amide bonds. The topological polar surface area (TPSA) is 68.3 Å². The second kappa shape index (κ2) is 9.54. The Balaban J connectivity index is 1.61. The third-order valence-electron chi connectivity index (χ3n) is 3.77. The molecule has 2 aromatic carbocycles. The van der Waals surface area contributed by atoms with Crippen LogP contribution in [0.25, 0.3) is 0 Å². The molecule has 0 radical (unpaired) electrons. The van der Waals surface area contributed by atoms with Crippen molar-refractivity contribution in [3.8, 4) is 11.5 Å². The first-order valence-electron chi connectivity index (χ1n) is 8.91. The zero-order valence-electron chi connectivity index (χ0n) is 15.6. The van der Waals surface area contributed by atoms with Crippen LogP contribution in [0.3, 0.4) is 0 Å². The van der Waals surface area contributed by atoms with Crippen molar-refractivity contribution in [1.82, 2.24) is 9.97 Å². The summed E-state index contributed by atoms with van der Waals surface area (Å²) in [5, 5.41) is 6.60. The molecule has 140 valence electrons. The van der Waals surface area contributed by atoms with E-state index in [2.05, 4.69) is 20.6 Å². The van der Waals surface area contributed by atoms with Crippen molar-refractivity contribution in [1.29, 1.82) is 0 Å². The van der Waals surface area contributed by atoms with Gasteiger partial charge in [0.1, 0.15) is 29.0 Å². The second-order valence-electron chi connectivity index (χ2n) is 6.02. The molecule has 0 saturated carbocycles. The van der Waals surface area contributed by atoms with Gasteiger partial charge in [-0.15, -0.1) is 0 Å². The summed E-state index contributed by atoms with van der Waals surface area (Å²) in [5.74, 6) is 3.84. The van der Waals surface area contributed by atoms with Crippen LogP contribution in [0, 0.1) is 6.92 Å². The van der Waals surface area contributed by atoms with Gasteiger partial charge in [0.2, 0.25) is 0 Å². The molecule has 0 aliphatic heterocycles. The fourth-order valence-corrected chi connectivity index (χ4v) is 2.53. The normalized spacial score (nSPS) is 10.4. The minimum absolute atomic E-state index is 0.707. The van der Waals surface area contributed by atoms with Gasteiger partial charge in [-0.25, -0.2) is 9.97 Å². The molecule has 1 heterocycles. The van der Waals surface area contributed by atoms with E-state index < -0.39 is 0 Å². The summed E-state index contributed by atoms with van der Waals surface area (Å²) < 4.78 is 10.9. The first-order chi connectivity index (χ1) is 13.2. The van der Waals surface area contributed by atoms with E-state index in [-0.39, 0.29) is 0 Å². The Kier molecular flexibility index (Phi) is 6.60. The number of ether oxygens (including phenoxy) is 2. The van der Waals surface area contributed by atoms with Gasteiger partial charge in [0.25, 0.3) is 0 Å². The Morgan fingerprint density at radius 2 is 1.59 bits per heavy atom. The van der Waals surface area contributed by atoms with Crippen molar-refractivity contribution in [2.45, 2.75) is 13.3 Å². The highest BCUT2D eigenvalue weighted by atomic mass is 16.5. The summed E-state index contributed by atoms with van der Waals surface area (Å²) in [6.45, 7) is 3.40. The maximum Gasteiger partial charge on any atom is 0.136 e. The van der Waals surface area contributed by atoms with Crippen molar-refractivity contribution in [3.05, 3.63) is 66.5 Å². The molecule has 6 nitrogen and oxygen atoms in total. The number of nitrogens with one attached hydrogen (secondary N) is 2. The van der Waals surface area contributed by atoms with Crippen molar-refractivity contribution in [2.24, 2.45) is 0 Å². The fraction of sp³-hybridized carbons (Fsp3) is 0.238. The number of hydrogen-bond acceptors (Lipinski definition) is 6. The Bertz CT molecular complexity index is 839. The van der Waals surface area contributed by atoms with Gasteiger partial charge in [-0.3, -0.25) is 0 Å². The van der Waals surface area contributed by atoms with Crippen molar-refractivity contribution < 1.29 is 9.47 Å². The molecule has 27 heavy (non-hydrogen) atoms. The molecule has 3 rings (SSSR count). The molecule has 0 aliphatic rings. The summed E-state index contributed by atoms with van der Waals surface area (Å²) in [6, 6.07) is 19.4. The number of para-hydroxylation sites is 1. The number of nitrogens with zero attached hydrogens (tertiary/aromatic N) is 2. The van der Waals surface area contributed by atoms with E-state index in [1.54, 1.807) is 7.11 Å². The highest BCUT2D eigenvalue weighted by molar-refractivity contribution is 5.60. The van der Waals surface area contributed by atoms with Gasteiger partial charge in [0.15, 0.2) is 0 Å². The number of rotatable bonds is 9. The molecule has 0 aliphatic carbocycles. The van der Waals surface area contributed by atoms with Gasteiger partial charge in [-0.2, -0.15) is 0 Å². The monoisotopic (exact) mass is 364 g/mol. The van der Waals surface area contributed by atoms with Crippen LogP contribution in [0.15, 0.2) is 60.7 Å². The fourth-order valence-electron chi connectivity index (χ4n) is 2.53. The molecular weight excluding hydrogens is 340 g/mol. The van der Waals surface area contributed by atoms with E-state index >= 15 is 0 Å². The van der Waals surface area contributed by atoms with Crippen LogP contribution in [0.5, 0.6) is 11.5 Å². The lowest BCUT2D eigenvalue weighted by Crippen LogP contribution is -2.08. The average molecular weight is 364 g/mol. The quantitative estimate of drug-likeness (QED) is 0.533. The van der Waals surface area contributed by atoms with E-state index in [4.69, 9.17) is 9.47 Å². The number of benzene rings is 2. The van der Waals surface area contributed by atoms with Crippen LogP contribution < -0.4 is 15.4 Å². The molecule has 0 fully saturated rings. The molecule has 2 N–H and O–H groups in total. The molecule has 0 bridgehead atoms. The van der Waals surface area contributed by atoms with Gasteiger partial charge < -0.3 is 20.1 Å². The first kappa shape index (κ1) is 18.7. The van der Waals surface area contributed by atoms with Crippen molar-refractivity contribution in [2.75, 3.05) is 30.9 Å². The Labute approximate surface area is 159 Å². The minimum atomic E-state index is 0.707. The van der Waals surface area contributed by atoms with E-state index in [9.17, 15) is 0 Å². The number of hydrogen-bond donors (Lipinski definition) is 2. The summed E-state index contributed by atoms with van der Waals surface area (Å²) in [4.78, 5) is 8.86. The van der Waals surface area contributed by atoms with Gasteiger partial charge in [-0.05, 0) is 49.7 Å². The number of anilines is 3. The molecule has 3 aromatic rings. The SMILES string of the molecule is COCCCNc1cc(Nc2ccc(Oc3ccccc3)cc2)nc(C)n1. The third kappa shape index (κ3) is 5.97. The molecule has 1 aromatic heterocycles. The molecule has 0 unspecified atom stereocenters. The Morgan fingerprint density at radius 3 is 2.33 bits per heavy atom. The number of aromatic nitrogens is 2. The number of aryl methyl sites for hydroxylation is 1. The van der Waals surface area contributed by atoms with E-state index in [1.165, 1.54) is 0 Å². The summed E-state index contributed by atoms with van der Waals surface area (Å²) in [7, 11) is 1.70. The molecule has 0 spiro atoms. The zero-order chi connectivity index (χ0) is 18.9. The van der Waals surface area contributed by atoms with Crippen molar-refractivity contribution in [3.63, 3.8) is 0 Å². The molecule has 6 heteroatoms. The maximum atomic E-state index is 5.81. The first-order valence-corrected chi connectivity index (χ1v) is 8.91. The lowest BCUT2D eigenvalue weighted by Gasteiger charge is -2.11. The Morgan fingerprint density at radius 1 is 0.889 bits per heavy atom. The number of methoxy groups -OCH3 is 1. The van der Waals surface area contributed by atoms with Crippen LogP contribution in [0.2, 0.25) is 0 Å². The minimum Gasteiger partial charge on any atom is -0.457 e. The highest BCUT2D eigenvalue weighted by Gasteiger charge is 2.03. The molecule has 0 saturated heterocycles. The van der Waals surface area contributed by atoms with Gasteiger partial charge in [0, 0.05) is 32.0 Å². The second-order valence-corrected chi connectivity index (χ2v) is 6.02. The van der Waals surface area contributed by atoms with Crippen LogP contribution in [0.1, 0.15) is 12.2 Å². The molecule has 0 atom stereocenters.